The molecule has 3 aromatic heterocycles. The number of carbonyl (C=O) groups excluding carboxylic acids is 1. The summed E-state index contributed by atoms with van der Waals surface area (Å²) in [5.41, 5.74) is 0.470. The summed E-state index contributed by atoms with van der Waals surface area (Å²) in [5.74, 6) is 0.286. The molecule has 178 valence electrons. The third kappa shape index (κ3) is 5.78. The molecule has 1 amide bonds. The highest BCUT2D eigenvalue weighted by Gasteiger charge is 2.16. The third-order valence-corrected chi connectivity index (χ3v) is 6.67. The van der Waals surface area contributed by atoms with Crippen LogP contribution in [0.3, 0.4) is 0 Å². The van der Waals surface area contributed by atoms with Crippen LogP contribution in [0.4, 0.5) is 15.5 Å². The molecule has 0 radical (unpaired) electrons. The fourth-order valence-electron chi connectivity index (χ4n) is 3.03. The van der Waals surface area contributed by atoms with Crippen LogP contribution in [0.2, 0.25) is 0 Å². The van der Waals surface area contributed by atoms with Gasteiger partial charge >= 0.3 is 0 Å². The van der Waals surface area contributed by atoms with E-state index in [1.807, 2.05) is 6.26 Å². The van der Waals surface area contributed by atoms with Gasteiger partial charge in [0.1, 0.15) is 12.1 Å². The standard InChI is InChI=1S/C21H24FN9OS2/c1-12(6-24-20-25-8-13(33-3)9-26-20)7-27-21-29-16-5-15(22)14(4-17(16)34-21)19(32)23-10-18-30-28-11-31(18)2/h4-5,8-9,11-12H,6-7,10H2,1-3H3,(H,23,32)(H,27,29)(H,24,25,26)/t12-/m0/s1. The van der Waals surface area contributed by atoms with E-state index in [1.54, 1.807) is 35.8 Å². The molecule has 10 nitrogen and oxygen atoms in total. The van der Waals surface area contributed by atoms with Crippen molar-refractivity contribution in [2.75, 3.05) is 30.0 Å². The van der Waals surface area contributed by atoms with E-state index in [-0.39, 0.29) is 18.0 Å². The molecule has 4 aromatic rings. The van der Waals surface area contributed by atoms with Gasteiger partial charge in [0.25, 0.3) is 5.91 Å². The van der Waals surface area contributed by atoms with Crippen LogP contribution in [0.1, 0.15) is 23.1 Å². The fraction of sp³-hybridized carbons (Fsp3) is 0.333. The smallest absolute Gasteiger partial charge is 0.254 e. The van der Waals surface area contributed by atoms with E-state index in [2.05, 4.69) is 48.0 Å². The summed E-state index contributed by atoms with van der Waals surface area (Å²) in [6.07, 6.45) is 7.09. The van der Waals surface area contributed by atoms with Gasteiger partial charge in [-0.2, -0.15) is 0 Å². The zero-order chi connectivity index (χ0) is 24.1. The molecule has 3 N–H and O–H groups in total. The largest absolute Gasteiger partial charge is 0.361 e. The number of hydrogen-bond acceptors (Lipinski definition) is 10. The van der Waals surface area contributed by atoms with E-state index in [9.17, 15) is 9.18 Å². The van der Waals surface area contributed by atoms with Crippen LogP contribution in [0.5, 0.6) is 0 Å². The molecule has 0 aliphatic rings. The molecule has 1 atom stereocenters. The number of nitrogens with zero attached hydrogens (tertiary/aromatic N) is 6. The molecule has 0 unspecified atom stereocenters. The van der Waals surface area contributed by atoms with Crippen LogP contribution >= 0.6 is 23.1 Å². The molecule has 0 saturated heterocycles. The molecule has 0 fully saturated rings. The first-order chi connectivity index (χ1) is 16.4. The lowest BCUT2D eigenvalue weighted by atomic mass is 10.2. The molecule has 0 aliphatic carbocycles. The molecular weight excluding hydrogens is 477 g/mol. The summed E-state index contributed by atoms with van der Waals surface area (Å²) in [5, 5.41) is 17.5. The first-order valence-electron chi connectivity index (χ1n) is 10.5. The van der Waals surface area contributed by atoms with Gasteiger partial charge in [-0.3, -0.25) is 4.79 Å². The summed E-state index contributed by atoms with van der Waals surface area (Å²) in [4.78, 5) is 26.5. The van der Waals surface area contributed by atoms with Crippen molar-refractivity contribution in [2.24, 2.45) is 13.0 Å². The lowest BCUT2D eigenvalue weighted by Gasteiger charge is -2.13. The van der Waals surface area contributed by atoms with Gasteiger partial charge in [-0.05, 0) is 18.2 Å². The van der Waals surface area contributed by atoms with E-state index < -0.39 is 11.7 Å². The van der Waals surface area contributed by atoms with Crippen LogP contribution < -0.4 is 16.0 Å². The van der Waals surface area contributed by atoms with E-state index in [4.69, 9.17) is 0 Å². The lowest BCUT2D eigenvalue weighted by Crippen LogP contribution is -2.25. The van der Waals surface area contributed by atoms with Crippen molar-refractivity contribution in [3.05, 3.63) is 48.1 Å². The van der Waals surface area contributed by atoms with Gasteiger partial charge in [0, 0.05) is 43.5 Å². The number of benzene rings is 1. The number of aromatic nitrogens is 6. The molecule has 0 saturated carbocycles. The zero-order valence-electron chi connectivity index (χ0n) is 18.9. The van der Waals surface area contributed by atoms with Crippen LogP contribution in [0.15, 0.2) is 35.7 Å². The van der Waals surface area contributed by atoms with E-state index in [1.165, 1.54) is 29.8 Å². The van der Waals surface area contributed by atoms with Gasteiger partial charge < -0.3 is 20.5 Å². The Morgan fingerprint density at radius 1 is 1.24 bits per heavy atom. The maximum absolute atomic E-state index is 14.6. The summed E-state index contributed by atoms with van der Waals surface area (Å²) in [6.45, 7) is 3.58. The number of amides is 1. The van der Waals surface area contributed by atoms with Gasteiger partial charge in [-0.1, -0.05) is 18.3 Å². The predicted molar refractivity (Wildman–Crippen MR) is 132 cm³/mol. The minimum absolute atomic E-state index is 0.0325. The van der Waals surface area contributed by atoms with Crippen molar-refractivity contribution in [3.63, 3.8) is 0 Å². The number of thiazole rings is 1. The Bertz CT molecular complexity index is 1280. The molecule has 0 spiro atoms. The van der Waals surface area contributed by atoms with Gasteiger partial charge in [-0.25, -0.2) is 19.3 Å². The third-order valence-electron chi connectivity index (χ3n) is 5.01. The van der Waals surface area contributed by atoms with Crippen molar-refractivity contribution < 1.29 is 9.18 Å². The Morgan fingerprint density at radius 3 is 2.71 bits per heavy atom. The predicted octanol–water partition coefficient (Wildman–Crippen LogP) is 3.17. The number of rotatable bonds is 10. The van der Waals surface area contributed by atoms with E-state index in [0.29, 0.717) is 35.5 Å². The quantitative estimate of drug-likeness (QED) is 0.281. The average molecular weight is 502 g/mol. The fourth-order valence-corrected chi connectivity index (χ4v) is 4.24. The number of nitrogens with one attached hydrogen (secondary N) is 3. The second-order valence-electron chi connectivity index (χ2n) is 7.67. The van der Waals surface area contributed by atoms with Gasteiger partial charge in [-0.15, -0.1) is 22.0 Å². The Morgan fingerprint density at radius 2 is 2.00 bits per heavy atom. The maximum atomic E-state index is 14.6. The molecule has 1 aromatic carbocycles. The van der Waals surface area contributed by atoms with Crippen LogP contribution in [0.25, 0.3) is 10.2 Å². The second kappa shape index (κ2) is 10.7. The monoisotopic (exact) mass is 501 g/mol. The Hall–Kier alpha value is -3.32. The second-order valence-corrected chi connectivity index (χ2v) is 9.58. The highest BCUT2D eigenvalue weighted by molar-refractivity contribution is 7.98. The average Bonchev–Trinajstić information content (AvgIpc) is 3.44. The summed E-state index contributed by atoms with van der Waals surface area (Å²) in [6, 6.07) is 2.81. The normalized spacial score (nSPS) is 12.0. The Kier molecular flexibility index (Phi) is 7.53. The van der Waals surface area contributed by atoms with Crippen molar-refractivity contribution in [1.82, 2.24) is 35.0 Å². The van der Waals surface area contributed by atoms with Crippen molar-refractivity contribution in [2.45, 2.75) is 18.4 Å². The van der Waals surface area contributed by atoms with Crippen molar-refractivity contribution in [3.8, 4) is 0 Å². The number of anilines is 2. The van der Waals surface area contributed by atoms with Gasteiger partial charge in [0.2, 0.25) is 5.95 Å². The van der Waals surface area contributed by atoms with Crippen LogP contribution in [0, 0.1) is 11.7 Å². The number of aryl methyl sites for hydroxylation is 1. The van der Waals surface area contributed by atoms with Gasteiger partial charge in [0.15, 0.2) is 11.0 Å². The SMILES string of the molecule is CSc1cnc(NC[C@H](C)CNc2nc3cc(F)c(C(=O)NCc4nncn4C)cc3s2)nc1. The van der Waals surface area contributed by atoms with Crippen LogP contribution in [-0.4, -0.2) is 55.0 Å². The zero-order valence-corrected chi connectivity index (χ0v) is 20.5. The summed E-state index contributed by atoms with van der Waals surface area (Å²) in [7, 11) is 1.77. The molecule has 0 bridgehead atoms. The maximum Gasteiger partial charge on any atom is 0.254 e. The lowest BCUT2D eigenvalue weighted by molar-refractivity contribution is 0.0945. The number of carbonyl (C=O) groups is 1. The molecular formula is C21H24FN9OS2. The van der Waals surface area contributed by atoms with E-state index >= 15 is 0 Å². The topological polar surface area (TPSA) is 123 Å². The van der Waals surface area contributed by atoms with Crippen LogP contribution in [-0.2, 0) is 13.6 Å². The minimum Gasteiger partial charge on any atom is -0.361 e. The summed E-state index contributed by atoms with van der Waals surface area (Å²) < 4.78 is 17.0. The van der Waals surface area contributed by atoms with E-state index in [0.717, 1.165) is 9.60 Å². The first-order valence-corrected chi connectivity index (χ1v) is 12.5. The number of hydrogen-bond donors (Lipinski definition) is 3. The van der Waals surface area contributed by atoms with Gasteiger partial charge in [0.05, 0.1) is 22.3 Å². The Labute approximate surface area is 203 Å². The molecule has 34 heavy (non-hydrogen) atoms. The van der Waals surface area contributed by atoms with Crippen molar-refractivity contribution >= 4 is 50.3 Å². The summed E-state index contributed by atoms with van der Waals surface area (Å²) >= 11 is 2.97. The number of thioether (sulfide) groups is 1. The highest BCUT2D eigenvalue weighted by atomic mass is 32.2. The molecule has 3 heterocycles. The minimum atomic E-state index is -0.620. The number of halogens is 1. The van der Waals surface area contributed by atoms with Crippen molar-refractivity contribution in [1.29, 1.82) is 0 Å². The molecule has 0 aliphatic heterocycles. The Balaban J connectivity index is 1.33. The first kappa shape index (κ1) is 23.8. The molecule has 13 heteroatoms. The highest BCUT2D eigenvalue weighted by Crippen LogP contribution is 2.28. The number of fused-ring (bicyclic) bond motifs is 1. The molecule has 4 rings (SSSR count).